The van der Waals surface area contributed by atoms with E-state index in [1.54, 1.807) is 44.2 Å². The highest BCUT2D eigenvalue weighted by Crippen LogP contribution is 2.11. The number of primary amides is 1. The Balaban J connectivity index is 3.21. The first-order valence-electron chi connectivity index (χ1n) is 14.2. The number of benzene rings is 1. The van der Waals surface area contributed by atoms with E-state index >= 15 is 0 Å². The normalized spacial score (nSPS) is 15.5. The van der Waals surface area contributed by atoms with Crippen LogP contribution in [0.2, 0.25) is 0 Å². The number of hydrogen-bond acceptors (Lipinski definition) is 10. The van der Waals surface area contributed by atoms with Crippen LogP contribution in [0.4, 0.5) is 0 Å². The van der Waals surface area contributed by atoms with Gasteiger partial charge in [-0.25, -0.2) is 4.79 Å². The van der Waals surface area contributed by atoms with E-state index in [0.29, 0.717) is 12.0 Å². The summed E-state index contributed by atoms with van der Waals surface area (Å²) in [6.07, 6.45) is -1.93. The van der Waals surface area contributed by atoms with Crippen molar-refractivity contribution in [3.63, 3.8) is 0 Å². The Morgan fingerprint density at radius 1 is 0.822 bits per heavy atom. The number of carboxylic acid groups (broad SMARTS) is 1. The molecule has 17 nitrogen and oxygen atoms in total. The number of nitrogens with two attached hydrogens (primary N) is 2. The summed E-state index contributed by atoms with van der Waals surface area (Å²) in [4.78, 5) is 86.9. The topological polar surface area (TPSA) is 292 Å². The monoisotopic (exact) mass is 637 g/mol. The number of carbonyl (C=O) groups excluding carboxylic acids is 6. The summed E-state index contributed by atoms with van der Waals surface area (Å²) in [7, 11) is 0. The SMILES string of the molecule is CC[C@H](C)[C@H](NC(=O)CNC(=O)[C@@H](N)CO)C(=O)N[C@@H](Cc1ccccc1)C(=O)N[C@H](C(=O)N[C@@H](CC(N)=O)C(=O)O)[C@@H](C)O. The molecular weight excluding hydrogens is 594 g/mol. The molecule has 0 heterocycles. The standard InChI is InChI=1S/C28H43N7O10/c1-4-14(2)22(34-21(39)12-31-24(40)17(29)13-36)26(42)32-18(10-16-8-6-5-7-9-16)25(41)35-23(15(3)37)27(43)33-19(28(44)45)11-20(30)38/h5-9,14-15,17-19,22-23,36-37H,4,10-13,29H2,1-3H3,(H2,30,38)(H,31,40)(H,32,42)(H,33,43)(H,34,39)(H,35,41)(H,44,45)/t14-,15+,17-,18-,19-,22-,23-/m0/s1. The Kier molecular flexibility index (Phi) is 16.2. The van der Waals surface area contributed by atoms with Crippen molar-refractivity contribution in [1.29, 1.82) is 0 Å². The third-order valence-corrected chi connectivity index (χ3v) is 6.77. The number of carbonyl (C=O) groups is 7. The molecule has 12 N–H and O–H groups in total. The number of nitrogens with one attached hydrogen (secondary N) is 5. The first kappa shape index (κ1) is 38.4. The maximum absolute atomic E-state index is 13.5. The minimum atomic E-state index is -1.72. The van der Waals surface area contributed by atoms with Crippen LogP contribution in [0.5, 0.6) is 0 Å². The molecule has 0 aliphatic heterocycles. The highest BCUT2D eigenvalue weighted by atomic mass is 16.4. The molecule has 0 fully saturated rings. The lowest BCUT2D eigenvalue weighted by Crippen LogP contribution is -2.61. The number of aliphatic carboxylic acids is 1. The Hall–Kier alpha value is -4.61. The van der Waals surface area contributed by atoms with Crippen LogP contribution in [-0.2, 0) is 40.0 Å². The van der Waals surface area contributed by atoms with Crippen molar-refractivity contribution < 1.29 is 48.9 Å². The minimum absolute atomic E-state index is 0.0811. The number of aliphatic hydroxyl groups excluding tert-OH is 2. The minimum Gasteiger partial charge on any atom is -0.480 e. The Labute approximate surface area is 259 Å². The molecule has 0 saturated heterocycles. The maximum Gasteiger partial charge on any atom is 0.326 e. The van der Waals surface area contributed by atoms with E-state index in [4.69, 9.17) is 16.6 Å². The maximum atomic E-state index is 13.5. The van der Waals surface area contributed by atoms with Gasteiger partial charge in [-0.1, -0.05) is 50.6 Å². The van der Waals surface area contributed by atoms with Crippen LogP contribution < -0.4 is 38.1 Å². The summed E-state index contributed by atoms with van der Waals surface area (Å²) in [5, 5.41) is 40.3. The van der Waals surface area contributed by atoms with Gasteiger partial charge in [0.05, 0.1) is 25.7 Å². The van der Waals surface area contributed by atoms with Crippen LogP contribution >= 0.6 is 0 Å². The van der Waals surface area contributed by atoms with Crippen LogP contribution in [0.1, 0.15) is 39.2 Å². The quantitative estimate of drug-likeness (QED) is 0.0697. The van der Waals surface area contributed by atoms with Crippen molar-refractivity contribution in [2.45, 2.75) is 76.3 Å². The molecule has 45 heavy (non-hydrogen) atoms. The van der Waals surface area contributed by atoms with Crippen LogP contribution in [-0.4, -0.2) is 106 Å². The van der Waals surface area contributed by atoms with Crippen molar-refractivity contribution in [3.8, 4) is 0 Å². The van der Waals surface area contributed by atoms with Gasteiger partial charge in [0.15, 0.2) is 0 Å². The first-order chi connectivity index (χ1) is 21.1. The summed E-state index contributed by atoms with van der Waals surface area (Å²) >= 11 is 0. The van der Waals surface area contributed by atoms with Crippen LogP contribution in [0.25, 0.3) is 0 Å². The molecular formula is C28H43N7O10. The molecule has 0 saturated carbocycles. The van der Waals surface area contributed by atoms with Gasteiger partial charge in [0.25, 0.3) is 0 Å². The van der Waals surface area contributed by atoms with Crippen LogP contribution in [0.15, 0.2) is 30.3 Å². The summed E-state index contributed by atoms with van der Waals surface area (Å²) < 4.78 is 0. The van der Waals surface area contributed by atoms with Gasteiger partial charge < -0.3 is 53.4 Å². The fourth-order valence-electron chi connectivity index (χ4n) is 3.95. The smallest absolute Gasteiger partial charge is 0.326 e. The lowest BCUT2D eigenvalue weighted by Gasteiger charge is -2.28. The van der Waals surface area contributed by atoms with Crippen molar-refractivity contribution in [2.75, 3.05) is 13.2 Å². The molecule has 0 aromatic heterocycles. The number of carboxylic acids is 1. The highest BCUT2D eigenvalue weighted by Gasteiger charge is 2.34. The molecule has 0 unspecified atom stereocenters. The van der Waals surface area contributed by atoms with E-state index in [0.717, 1.165) is 0 Å². The molecule has 1 rings (SSSR count). The van der Waals surface area contributed by atoms with Crippen molar-refractivity contribution in [3.05, 3.63) is 35.9 Å². The second kappa shape index (κ2) is 18.9. The zero-order valence-electron chi connectivity index (χ0n) is 25.3. The molecule has 1 aromatic rings. The second-order valence-corrected chi connectivity index (χ2v) is 10.5. The van der Waals surface area contributed by atoms with Crippen molar-refractivity contribution >= 4 is 41.4 Å². The van der Waals surface area contributed by atoms with Crippen molar-refractivity contribution in [2.24, 2.45) is 17.4 Å². The Morgan fingerprint density at radius 3 is 1.91 bits per heavy atom. The third kappa shape index (κ3) is 13.3. The van der Waals surface area contributed by atoms with Gasteiger partial charge in [0, 0.05) is 6.42 Å². The summed E-state index contributed by atoms with van der Waals surface area (Å²) in [5.41, 5.74) is 11.1. The summed E-state index contributed by atoms with van der Waals surface area (Å²) in [6.45, 7) is 3.43. The molecule has 0 bridgehead atoms. The number of rotatable bonds is 19. The van der Waals surface area contributed by atoms with Gasteiger partial charge in [-0.2, -0.15) is 0 Å². The van der Waals surface area contributed by atoms with Gasteiger partial charge >= 0.3 is 5.97 Å². The molecule has 0 spiro atoms. The largest absolute Gasteiger partial charge is 0.480 e. The Bertz CT molecular complexity index is 1200. The van der Waals surface area contributed by atoms with Crippen LogP contribution in [0.3, 0.4) is 0 Å². The predicted molar refractivity (Wildman–Crippen MR) is 159 cm³/mol. The van der Waals surface area contributed by atoms with E-state index in [2.05, 4.69) is 26.6 Å². The molecule has 6 amide bonds. The zero-order chi connectivity index (χ0) is 34.3. The summed E-state index contributed by atoms with van der Waals surface area (Å²) in [5.74, 6) is -7.35. The van der Waals surface area contributed by atoms with E-state index in [9.17, 15) is 43.8 Å². The third-order valence-electron chi connectivity index (χ3n) is 6.77. The van der Waals surface area contributed by atoms with Crippen LogP contribution in [0, 0.1) is 5.92 Å². The van der Waals surface area contributed by atoms with E-state index in [1.165, 1.54) is 6.92 Å². The highest BCUT2D eigenvalue weighted by molar-refractivity contribution is 5.96. The average molecular weight is 638 g/mol. The van der Waals surface area contributed by atoms with Gasteiger partial charge in [0.1, 0.15) is 30.2 Å². The lowest BCUT2D eigenvalue weighted by molar-refractivity contribution is -0.144. The summed E-state index contributed by atoms with van der Waals surface area (Å²) in [6, 6.07) is 1.31. The average Bonchev–Trinajstić information content (AvgIpc) is 2.99. The Morgan fingerprint density at radius 2 is 1.40 bits per heavy atom. The molecule has 0 radical (unpaired) electrons. The first-order valence-corrected chi connectivity index (χ1v) is 14.2. The van der Waals surface area contributed by atoms with E-state index in [-0.39, 0.29) is 6.42 Å². The molecule has 250 valence electrons. The number of amides is 6. The van der Waals surface area contributed by atoms with Gasteiger partial charge in [0.2, 0.25) is 35.4 Å². The molecule has 1 aromatic carbocycles. The molecule has 0 aliphatic carbocycles. The molecule has 0 aliphatic rings. The second-order valence-electron chi connectivity index (χ2n) is 10.5. The number of hydrogen-bond donors (Lipinski definition) is 10. The fraction of sp³-hybridized carbons (Fsp3) is 0.536. The van der Waals surface area contributed by atoms with E-state index in [1.807, 2.05) is 0 Å². The fourth-order valence-corrected chi connectivity index (χ4v) is 3.95. The van der Waals surface area contributed by atoms with Gasteiger partial charge in [-0.05, 0) is 18.4 Å². The molecule has 7 atom stereocenters. The van der Waals surface area contributed by atoms with Gasteiger partial charge in [-0.3, -0.25) is 28.8 Å². The lowest BCUT2D eigenvalue weighted by atomic mass is 9.97. The van der Waals surface area contributed by atoms with Gasteiger partial charge in [-0.15, -0.1) is 0 Å². The van der Waals surface area contributed by atoms with Crippen molar-refractivity contribution in [1.82, 2.24) is 26.6 Å². The van der Waals surface area contributed by atoms with E-state index < -0.39 is 103 Å². The zero-order valence-corrected chi connectivity index (χ0v) is 25.3. The number of aliphatic hydroxyl groups is 2. The molecule has 17 heteroatoms. The predicted octanol–water partition coefficient (Wildman–Crippen LogP) is -4.01.